The summed E-state index contributed by atoms with van der Waals surface area (Å²) in [4.78, 5) is 14.8. The Kier molecular flexibility index (Phi) is 6.06. The number of hydrogen-bond acceptors (Lipinski definition) is 4. The van der Waals surface area contributed by atoms with Gasteiger partial charge in [-0.15, -0.1) is 10.2 Å². The fraction of sp³-hybridized carbons (Fsp3) is 0.348. The highest BCUT2D eigenvalue weighted by Gasteiger charge is 2.39. The summed E-state index contributed by atoms with van der Waals surface area (Å²) < 4.78 is 42.9. The first kappa shape index (κ1) is 21.1. The van der Waals surface area contributed by atoms with E-state index >= 15 is 0 Å². The summed E-state index contributed by atoms with van der Waals surface area (Å²) in [6, 6.07) is 19.8. The third-order valence-corrected chi connectivity index (χ3v) is 5.66. The van der Waals surface area contributed by atoms with E-state index in [1.165, 1.54) is 0 Å². The number of benzene rings is 2. The lowest BCUT2D eigenvalue weighted by Crippen LogP contribution is -2.38. The molecule has 0 unspecified atom stereocenters. The molecule has 1 aliphatic heterocycles. The van der Waals surface area contributed by atoms with Crippen molar-refractivity contribution in [2.75, 3.05) is 13.1 Å². The highest BCUT2D eigenvalue weighted by atomic mass is 19.4. The van der Waals surface area contributed by atoms with Gasteiger partial charge in [0.25, 0.3) is 0 Å². The quantitative estimate of drug-likeness (QED) is 0.572. The molecule has 8 heteroatoms. The van der Waals surface area contributed by atoms with Gasteiger partial charge in [0.05, 0.1) is 0 Å². The van der Waals surface area contributed by atoms with Gasteiger partial charge in [-0.05, 0) is 24.0 Å². The summed E-state index contributed by atoms with van der Waals surface area (Å²) in [6.07, 6.45) is -3.33. The molecule has 0 radical (unpaired) electrons. The molecule has 0 aliphatic carbocycles. The third-order valence-electron chi connectivity index (χ3n) is 5.66. The summed E-state index contributed by atoms with van der Waals surface area (Å²) in [5, 5.41) is 6.66. The van der Waals surface area contributed by atoms with Crippen LogP contribution in [-0.2, 0) is 11.0 Å². The predicted molar refractivity (Wildman–Crippen MR) is 107 cm³/mol. The van der Waals surface area contributed by atoms with Crippen LogP contribution in [-0.4, -0.2) is 34.1 Å². The Morgan fingerprint density at radius 2 is 1.52 bits per heavy atom. The number of halogens is 3. The Balaban J connectivity index is 1.41. The van der Waals surface area contributed by atoms with Gasteiger partial charge < -0.3 is 9.32 Å². The van der Waals surface area contributed by atoms with Crippen LogP contribution in [0, 0.1) is 0 Å². The first-order chi connectivity index (χ1) is 14.9. The number of carbonyl (C=O) groups excluding carboxylic acids is 1. The van der Waals surface area contributed by atoms with E-state index in [-0.39, 0.29) is 23.6 Å². The minimum atomic E-state index is -4.65. The Hall–Kier alpha value is -3.16. The van der Waals surface area contributed by atoms with Crippen molar-refractivity contribution in [3.05, 3.63) is 83.6 Å². The summed E-state index contributed by atoms with van der Waals surface area (Å²) >= 11 is 0. The molecular formula is C23H22F3N3O2. The number of alkyl halides is 3. The summed E-state index contributed by atoms with van der Waals surface area (Å²) in [5.74, 6) is -1.64. The molecule has 2 heterocycles. The van der Waals surface area contributed by atoms with Crippen LogP contribution in [0.15, 0.2) is 65.1 Å². The van der Waals surface area contributed by atoms with E-state index in [1.54, 1.807) is 4.90 Å². The first-order valence-corrected chi connectivity index (χ1v) is 10.2. The van der Waals surface area contributed by atoms with Crippen molar-refractivity contribution in [1.29, 1.82) is 0 Å². The second-order valence-electron chi connectivity index (χ2n) is 7.68. The maximum absolute atomic E-state index is 13.1. The first-order valence-electron chi connectivity index (χ1n) is 10.2. The number of amides is 1. The molecule has 31 heavy (non-hydrogen) atoms. The SMILES string of the molecule is O=C(CC(c1ccccc1)c1ccccc1)N1CCC(c2nnc(C(F)(F)F)o2)CC1. The van der Waals surface area contributed by atoms with Gasteiger partial charge in [0.2, 0.25) is 11.8 Å². The topological polar surface area (TPSA) is 59.2 Å². The van der Waals surface area contributed by atoms with Crippen LogP contribution in [0.1, 0.15) is 54.0 Å². The van der Waals surface area contributed by atoms with Crippen LogP contribution in [0.3, 0.4) is 0 Å². The zero-order valence-electron chi connectivity index (χ0n) is 16.8. The van der Waals surface area contributed by atoms with Crippen LogP contribution in [0.5, 0.6) is 0 Å². The number of aromatic nitrogens is 2. The lowest BCUT2D eigenvalue weighted by molar-refractivity contribution is -0.157. The molecule has 162 valence electrons. The van der Waals surface area contributed by atoms with E-state index in [2.05, 4.69) is 10.2 Å². The lowest BCUT2D eigenvalue weighted by atomic mass is 9.87. The fourth-order valence-corrected chi connectivity index (χ4v) is 3.99. The largest absolute Gasteiger partial charge is 0.470 e. The van der Waals surface area contributed by atoms with Crippen LogP contribution >= 0.6 is 0 Å². The standard InChI is InChI=1S/C23H22F3N3O2/c24-23(25,26)22-28-27-21(31-22)18-11-13-29(14-12-18)20(30)15-19(16-7-3-1-4-8-16)17-9-5-2-6-10-17/h1-10,18-19H,11-15H2. The van der Waals surface area contributed by atoms with Gasteiger partial charge in [0.1, 0.15) is 0 Å². The number of likely N-dealkylation sites (tertiary alicyclic amines) is 1. The van der Waals surface area contributed by atoms with Crippen molar-refractivity contribution in [3.63, 3.8) is 0 Å². The van der Waals surface area contributed by atoms with Crippen molar-refractivity contribution in [2.24, 2.45) is 0 Å². The Bertz CT molecular complexity index is 958. The van der Waals surface area contributed by atoms with Crippen LogP contribution in [0.4, 0.5) is 13.2 Å². The minimum absolute atomic E-state index is 0.00845. The molecule has 1 aliphatic rings. The Labute approximate surface area is 177 Å². The van der Waals surface area contributed by atoms with Crippen LogP contribution in [0.25, 0.3) is 0 Å². The number of carbonyl (C=O) groups is 1. The summed E-state index contributed by atoms with van der Waals surface area (Å²) in [6.45, 7) is 0.896. The molecular weight excluding hydrogens is 407 g/mol. The van der Waals surface area contributed by atoms with Gasteiger partial charge in [-0.3, -0.25) is 4.79 Å². The van der Waals surface area contributed by atoms with Gasteiger partial charge in [-0.1, -0.05) is 60.7 Å². The number of rotatable bonds is 5. The molecule has 1 saturated heterocycles. The van der Waals surface area contributed by atoms with E-state index in [0.717, 1.165) is 11.1 Å². The normalized spacial score (nSPS) is 15.4. The average Bonchev–Trinajstić information content (AvgIpc) is 3.30. The number of nitrogens with zero attached hydrogens (tertiary/aromatic N) is 3. The summed E-state index contributed by atoms with van der Waals surface area (Å²) in [7, 11) is 0. The number of piperidine rings is 1. The molecule has 0 atom stereocenters. The highest BCUT2D eigenvalue weighted by Crippen LogP contribution is 2.34. The fourth-order valence-electron chi connectivity index (χ4n) is 3.99. The van der Waals surface area contributed by atoms with Gasteiger partial charge >= 0.3 is 12.1 Å². The van der Waals surface area contributed by atoms with E-state index in [9.17, 15) is 18.0 Å². The molecule has 0 bridgehead atoms. The van der Waals surface area contributed by atoms with Crippen molar-refractivity contribution in [2.45, 2.75) is 37.3 Å². The van der Waals surface area contributed by atoms with Gasteiger partial charge in [0.15, 0.2) is 0 Å². The van der Waals surface area contributed by atoms with Crippen molar-refractivity contribution >= 4 is 5.91 Å². The van der Waals surface area contributed by atoms with E-state index in [0.29, 0.717) is 32.4 Å². The molecule has 0 spiro atoms. The molecule has 4 rings (SSSR count). The average molecular weight is 429 g/mol. The molecule has 5 nitrogen and oxygen atoms in total. The molecule has 1 fully saturated rings. The van der Waals surface area contributed by atoms with Crippen LogP contribution < -0.4 is 0 Å². The second-order valence-corrected chi connectivity index (χ2v) is 7.68. The maximum Gasteiger partial charge on any atom is 0.470 e. The Morgan fingerprint density at radius 3 is 2.00 bits per heavy atom. The molecule has 2 aromatic carbocycles. The molecule has 0 N–H and O–H groups in total. The van der Waals surface area contributed by atoms with Crippen molar-refractivity contribution in [1.82, 2.24) is 15.1 Å². The zero-order valence-corrected chi connectivity index (χ0v) is 16.8. The molecule has 1 aromatic heterocycles. The number of hydrogen-bond donors (Lipinski definition) is 0. The highest BCUT2D eigenvalue weighted by molar-refractivity contribution is 5.78. The van der Waals surface area contributed by atoms with Gasteiger partial charge in [-0.2, -0.15) is 13.2 Å². The third kappa shape index (κ3) is 4.95. The predicted octanol–water partition coefficient (Wildman–Crippen LogP) is 5.02. The van der Waals surface area contributed by atoms with E-state index < -0.39 is 12.1 Å². The molecule has 3 aromatic rings. The van der Waals surface area contributed by atoms with Crippen molar-refractivity contribution < 1.29 is 22.4 Å². The molecule has 0 saturated carbocycles. The Morgan fingerprint density at radius 1 is 0.968 bits per heavy atom. The lowest BCUT2D eigenvalue weighted by Gasteiger charge is -2.32. The van der Waals surface area contributed by atoms with E-state index in [4.69, 9.17) is 4.42 Å². The minimum Gasteiger partial charge on any atom is -0.417 e. The van der Waals surface area contributed by atoms with Gasteiger partial charge in [0, 0.05) is 31.3 Å². The van der Waals surface area contributed by atoms with Gasteiger partial charge in [-0.25, -0.2) is 0 Å². The summed E-state index contributed by atoms with van der Waals surface area (Å²) in [5.41, 5.74) is 2.14. The smallest absolute Gasteiger partial charge is 0.417 e. The maximum atomic E-state index is 13.1. The van der Waals surface area contributed by atoms with E-state index in [1.807, 2.05) is 60.7 Å². The zero-order chi connectivity index (χ0) is 21.8. The monoisotopic (exact) mass is 429 g/mol. The second kappa shape index (κ2) is 8.91. The molecule has 1 amide bonds. The van der Waals surface area contributed by atoms with Crippen molar-refractivity contribution in [3.8, 4) is 0 Å². The van der Waals surface area contributed by atoms with Crippen LogP contribution in [0.2, 0.25) is 0 Å².